The minimum atomic E-state index is -0.277. The molecule has 0 radical (unpaired) electrons. The molecule has 2 aliphatic rings. The van der Waals surface area contributed by atoms with Crippen molar-refractivity contribution < 1.29 is 19.0 Å². The molecule has 4 N–H and O–H groups in total. The largest absolute Gasteiger partial charge is 0.497 e. The number of carbonyl (C=O) groups excluding carboxylic acids is 1. The number of nitrogens with zero attached hydrogens (tertiary/aromatic N) is 2. The van der Waals surface area contributed by atoms with E-state index in [1.807, 2.05) is 31.2 Å². The molecule has 1 saturated heterocycles. The molecule has 0 spiro atoms. The highest BCUT2D eigenvalue weighted by molar-refractivity contribution is 8.14. The van der Waals surface area contributed by atoms with Crippen molar-refractivity contribution in [2.75, 3.05) is 37.3 Å². The SMILES string of the molecule is COc1ccc(N2C(=N)C3C(C)NNC3N=C2SCC(=O)Nc2cc(OC)ccc2OC)cc1. The minimum Gasteiger partial charge on any atom is -0.497 e. The van der Waals surface area contributed by atoms with Gasteiger partial charge in [-0.25, -0.2) is 10.4 Å². The Morgan fingerprint density at radius 2 is 1.79 bits per heavy atom. The Hall–Kier alpha value is -3.28. The zero-order valence-electron chi connectivity index (χ0n) is 19.4. The molecule has 34 heavy (non-hydrogen) atoms. The Morgan fingerprint density at radius 1 is 1.09 bits per heavy atom. The Bertz CT molecular complexity index is 1090. The smallest absolute Gasteiger partial charge is 0.234 e. The van der Waals surface area contributed by atoms with Crippen LogP contribution in [0.15, 0.2) is 47.5 Å². The van der Waals surface area contributed by atoms with E-state index in [0.717, 1.165) is 11.4 Å². The van der Waals surface area contributed by atoms with Crippen LogP contribution < -0.4 is 35.3 Å². The average molecular weight is 485 g/mol. The Balaban J connectivity index is 1.54. The van der Waals surface area contributed by atoms with Crippen molar-refractivity contribution in [1.29, 1.82) is 5.41 Å². The van der Waals surface area contributed by atoms with Gasteiger partial charge in [-0.2, -0.15) is 0 Å². The molecule has 10 nitrogen and oxygen atoms in total. The predicted molar refractivity (Wildman–Crippen MR) is 134 cm³/mol. The van der Waals surface area contributed by atoms with E-state index in [1.54, 1.807) is 44.4 Å². The van der Waals surface area contributed by atoms with Crippen molar-refractivity contribution in [3.05, 3.63) is 42.5 Å². The summed E-state index contributed by atoms with van der Waals surface area (Å²) in [7, 11) is 4.72. The van der Waals surface area contributed by atoms with Crippen molar-refractivity contribution >= 4 is 40.0 Å². The van der Waals surface area contributed by atoms with Crippen LogP contribution in [0.2, 0.25) is 0 Å². The number of rotatable bonds is 7. The van der Waals surface area contributed by atoms with Crippen LogP contribution in [0.1, 0.15) is 6.92 Å². The molecule has 0 aliphatic carbocycles. The molecule has 3 atom stereocenters. The lowest BCUT2D eigenvalue weighted by Crippen LogP contribution is -2.50. The quantitative estimate of drug-likeness (QED) is 0.474. The van der Waals surface area contributed by atoms with Crippen LogP contribution in [-0.4, -0.2) is 56.2 Å². The topological polar surface area (TPSA) is 120 Å². The van der Waals surface area contributed by atoms with E-state index < -0.39 is 0 Å². The number of hydrogen-bond donors (Lipinski definition) is 4. The van der Waals surface area contributed by atoms with E-state index in [-0.39, 0.29) is 29.8 Å². The third-order valence-electron chi connectivity index (χ3n) is 5.68. The molecule has 11 heteroatoms. The van der Waals surface area contributed by atoms with Crippen LogP contribution in [0.4, 0.5) is 11.4 Å². The molecule has 180 valence electrons. The number of hydrazine groups is 1. The second-order valence-corrected chi connectivity index (χ2v) is 8.72. The highest BCUT2D eigenvalue weighted by atomic mass is 32.2. The van der Waals surface area contributed by atoms with Gasteiger partial charge in [-0.3, -0.25) is 20.5 Å². The average Bonchev–Trinajstić information content (AvgIpc) is 3.23. The van der Waals surface area contributed by atoms with Crippen molar-refractivity contribution in [3.8, 4) is 17.2 Å². The van der Waals surface area contributed by atoms with Crippen LogP contribution in [0.3, 0.4) is 0 Å². The number of carbonyl (C=O) groups is 1. The van der Waals surface area contributed by atoms with Crippen molar-refractivity contribution in [2.45, 2.75) is 19.1 Å². The van der Waals surface area contributed by atoms with Gasteiger partial charge in [0.05, 0.1) is 38.7 Å². The first kappa shape index (κ1) is 23.9. The molecule has 0 aromatic heterocycles. The highest BCUT2D eigenvalue weighted by Gasteiger charge is 2.43. The van der Waals surface area contributed by atoms with E-state index in [2.05, 4.69) is 16.2 Å². The number of hydrogen-bond acceptors (Lipinski definition) is 9. The predicted octanol–water partition coefficient (Wildman–Crippen LogP) is 2.68. The maximum Gasteiger partial charge on any atom is 0.234 e. The van der Waals surface area contributed by atoms with Crippen LogP contribution in [-0.2, 0) is 4.79 Å². The Morgan fingerprint density at radius 3 is 2.47 bits per heavy atom. The van der Waals surface area contributed by atoms with Gasteiger partial charge in [-0.15, -0.1) is 0 Å². The van der Waals surface area contributed by atoms with Gasteiger partial charge >= 0.3 is 0 Å². The van der Waals surface area contributed by atoms with Gasteiger partial charge in [0.15, 0.2) is 5.17 Å². The molecular weight excluding hydrogens is 456 g/mol. The maximum absolute atomic E-state index is 12.8. The number of nitrogens with one attached hydrogen (secondary N) is 4. The Labute approximate surface area is 202 Å². The number of fused-ring (bicyclic) bond motifs is 1. The van der Waals surface area contributed by atoms with Gasteiger partial charge in [0, 0.05) is 17.8 Å². The summed E-state index contributed by atoms with van der Waals surface area (Å²) in [6, 6.07) is 12.7. The number of benzene rings is 2. The fourth-order valence-corrected chi connectivity index (χ4v) is 4.76. The molecule has 3 unspecified atom stereocenters. The van der Waals surface area contributed by atoms with Crippen LogP contribution in [0.5, 0.6) is 17.2 Å². The molecule has 2 aromatic carbocycles. The second kappa shape index (κ2) is 10.3. The summed E-state index contributed by atoms with van der Waals surface area (Å²) >= 11 is 1.27. The van der Waals surface area contributed by atoms with Gasteiger partial charge in [0.1, 0.15) is 29.2 Å². The molecule has 2 heterocycles. The number of amides is 1. The minimum absolute atomic E-state index is 0.0392. The first-order chi connectivity index (χ1) is 16.4. The van der Waals surface area contributed by atoms with E-state index in [9.17, 15) is 4.79 Å². The van der Waals surface area contributed by atoms with Crippen molar-refractivity contribution in [2.24, 2.45) is 10.9 Å². The molecule has 1 fully saturated rings. The molecule has 0 bridgehead atoms. The molecule has 1 amide bonds. The van der Waals surface area contributed by atoms with E-state index >= 15 is 0 Å². The number of methoxy groups -OCH3 is 3. The van der Waals surface area contributed by atoms with Crippen LogP contribution >= 0.6 is 11.8 Å². The number of aliphatic imine (C=N–C) groups is 1. The van der Waals surface area contributed by atoms with Gasteiger partial charge in [-0.05, 0) is 43.3 Å². The molecule has 2 aromatic rings. The Kier molecular flexibility index (Phi) is 7.25. The summed E-state index contributed by atoms with van der Waals surface area (Å²) in [6.45, 7) is 2.01. The fourth-order valence-electron chi connectivity index (χ4n) is 3.91. The number of thioether (sulfide) groups is 1. The number of anilines is 2. The zero-order valence-corrected chi connectivity index (χ0v) is 20.2. The molecular formula is C23H28N6O4S. The molecule has 4 rings (SSSR count). The van der Waals surface area contributed by atoms with Gasteiger partial charge in [-0.1, -0.05) is 11.8 Å². The van der Waals surface area contributed by atoms with E-state index in [1.165, 1.54) is 11.8 Å². The summed E-state index contributed by atoms with van der Waals surface area (Å²) < 4.78 is 15.9. The highest BCUT2D eigenvalue weighted by Crippen LogP contribution is 2.33. The van der Waals surface area contributed by atoms with Gasteiger partial charge in [0.2, 0.25) is 5.91 Å². The third-order valence-corrected chi connectivity index (χ3v) is 6.63. The summed E-state index contributed by atoms with van der Waals surface area (Å²) in [5, 5.41) is 12.4. The van der Waals surface area contributed by atoms with Gasteiger partial charge < -0.3 is 19.5 Å². The molecule has 0 saturated carbocycles. The lowest BCUT2D eigenvalue weighted by molar-refractivity contribution is -0.113. The summed E-state index contributed by atoms with van der Waals surface area (Å²) in [5.41, 5.74) is 7.61. The van der Waals surface area contributed by atoms with Crippen molar-refractivity contribution in [1.82, 2.24) is 10.9 Å². The maximum atomic E-state index is 12.8. The number of ether oxygens (including phenoxy) is 3. The zero-order chi connectivity index (χ0) is 24.2. The summed E-state index contributed by atoms with van der Waals surface area (Å²) in [4.78, 5) is 19.4. The second-order valence-electron chi connectivity index (χ2n) is 7.78. The first-order valence-electron chi connectivity index (χ1n) is 10.7. The first-order valence-corrected chi connectivity index (χ1v) is 11.7. The van der Waals surface area contributed by atoms with Crippen molar-refractivity contribution in [3.63, 3.8) is 0 Å². The molecule has 2 aliphatic heterocycles. The van der Waals surface area contributed by atoms with Crippen LogP contribution in [0.25, 0.3) is 0 Å². The van der Waals surface area contributed by atoms with E-state index in [4.69, 9.17) is 24.6 Å². The lowest BCUT2D eigenvalue weighted by atomic mass is 9.97. The third kappa shape index (κ3) is 4.81. The lowest BCUT2D eigenvalue weighted by Gasteiger charge is -2.35. The summed E-state index contributed by atoms with van der Waals surface area (Å²) in [6.07, 6.45) is -0.277. The normalized spacial score (nSPS) is 21.5. The monoisotopic (exact) mass is 484 g/mol. The van der Waals surface area contributed by atoms with E-state index in [0.29, 0.717) is 28.2 Å². The van der Waals surface area contributed by atoms with Crippen LogP contribution in [0, 0.1) is 11.3 Å². The fraction of sp³-hybridized carbons (Fsp3) is 0.348. The summed E-state index contributed by atoms with van der Waals surface area (Å²) in [5.74, 6) is 2.01. The number of amidine groups is 2. The van der Waals surface area contributed by atoms with Gasteiger partial charge in [0.25, 0.3) is 0 Å². The standard InChI is InChI=1S/C23H28N6O4S/c1-13-20-21(24)29(14-5-7-15(31-2)8-6-14)23(26-22(20)28-27-13)34-12-19(30)25-17-11-16(32-3)9-10-18(17)33-4/h5-11,13,20,22,24,27-28H,12H2,1-4H3,(H,25,30).